The van der Waals surface area contributed by atoms with Crippen LogP contribution < -0.4 is 0 Å². The number of fused-ring (bicyclic) bond motifs is 1. The fourth-order valence-corrected chi connectivity index (χ4v) is 1.59. The summed E-state index contributed by atoms with van der Waals surface area (Å²) in [6.45, 7) is 0. The summed E-state index contributed by atoms with van der Waals surface area (Å²) in [4.78, 5) is 7.47. The van der Waals surface area contributed by atoms with Gasteiger partial charge in [-0.25, -0.2) is 0 Å². The van der Waals surface area contributed by atoms with Gasteiger partial charge in [0, 0.05) is 17.7 Å². The zero-order valence-electron chi connectivity index (χ0n) is 7.70. The zero-order chi connectivity index (χ0) is 9.80. The van der Waals surface area contributed by atoms with Gasteiger partial charge in [0.1, 0.15) is 0 Å². The number of alkyl halides is 1. The molecule has 0 fully saturated rings. The summed E-state index contributed by atoms with van der Waals surface area (Å²) >= 11 is 3.38. The van der Waals surface area contributed by atoms with Crippen LogP contribution in [0.15, 0.2) is 30.6 Å². The van der Waals surface area contributed by atoms with E-state index in [4.69, 9.17) is 0 Å². The number of hydrogen-bond acceptors (Lipinski definition) is 1. The smallest absolute Gasteiger partial charge is 0.0879 e. The van der Waals surface area contributed by atoms with Crippen molar-refractivity contribution >= 4 is 33.0 Å². The molecule has 0 aliphatic heterocycles. The molecule has 0 amide bonds. The van der Waals surface area contributed by atoms with Crippen LogP contribution in [-0.4, -0.2) is 15.3 Å². The van der Waals surface area contributed by atoms with E-state index in [9.17, 15) is 0 Å². The summed E-state index contributed by atoms with van der Waals surface area (Å²) < 4.78 is 0. The van der Waals surface area contributed by atoms with Crippen molar-refractivity contribution in [2.75, 3.05) is 5.33 Å². The summed E-state index contributed by atoms with van der Waals surface area (Å²) in [5.41, 5.74) is 3.24. The molecule has 1 N–H and O–H groups in total. The average molecular weight is 251 g/mol. The van der Waals surface area contributed by atoms with Crippen LogP contribution in [0.1, 0.15) is 12.0 Å². The van der Waals surface area contributed by atoms with Crippen LogP contribution in [0.4, 0.5) is 0 Å². The second-order valence-corrected chi connectivity index (χ2v) is 3.85. The lowest BCUT2D eigenvalue weighted by molar-refractivity contribution is 1.27. The van der Waals surface area contributed by atoms with E-state index < -0.39 is 0 Å². The maximum absolute atomic E-state index is 4.33. The number of nitrogens with zero attached hydrogens (tertiary/aromatic N) is 1. The standard InChI is InChI=1S/C11H11BrN2/c12-5-2-1-3-9-7-11-10(14-8-9)4-6-13-11/h1,3-4,6-8,13H,2,5H2. The predicted octanol–water partition coefficient (Wildman–Crippen LogP) is 3.36. The van der Waals surface area contributed by atoms with Gasteiger partial charge in [-0.05, 0) is 24.1 Å². The molecule has 0 saturated carbocycles. The van der Waals surface area contributed by atoms with Gasteiger partial charge >= 0.3 is 0 Å². The van der Waals surface area contributed by atoms with Crippen LogP contribution in [0, 0.1) is 0 Å². The molecule has 2 nitrogen and oxygen atoms in total. The quantitative estimate of drug-likeness (QED) is 0.832. The summed E-state index contributed by atoms with van der Waals surface area (Å²) in [6.07, 6.45) is 9.07. The molecule has 0 aromatic carbocycles. The SMILES string of the molecule is BrCCC=Cc1cnc2cc[nH]c2c1. The Morgan fingerprint density at radius 2 is 2.43 bits per heavy atom. The van der Waals surface area contributed by atoms with Crippen molar-refractivity contribution in [3.05, 3.63) is 36.2 Å². The second-order valence-electron chi connectivity index (χ2n) is 3.06. The van der Waals surface area contributed by atoms with E-state index in [1.807, 2.05) is 18.5 Å². The molecule has 0 atom stereocenters. The third kappa shape index (κ3) is 2.04. The lowest BCUT2D eigenvalue weighted by Crippen LogP contribution is -1.78. The number of hydrogen-bond donors (Lipinski definition) is 1. The average Bonchev–Trinajstić information content (AvgIpc) is 2.65. The van der Waals surface area contributed by atoms with Gasteiger partial charge in [-0.1, -0.05) is 28.1 Å². The van der Waals surface area contributed by atoms with Crippen molar-refractivity contribution in [3.8, 4) is 0 Å². The molecule has 0 bridgehead atoms. The van der Waals surface area contributed by atoms with Gasteiger partial charge in [0.25, 0.3) is 0 Å². The lowest BCUT2D eigenvalue weighted by atomic mass is 10.2. The van der Waals surface area contributed by atoms with Crippen molar-refractivity contribution in [1.29, 1.82) is 0 Å². The van der Waals surface area contributed by atoms with Crippen LogP contribution in [0.3, 0.4) is 0 Å². The molecule has 0 spiro atoms. The Hall–Kier alpha value is -1.09. The van der Waals surface area contributed by atoms with Crippen LogP contribution in [0.2, 0.25) is 0 Å². The first-order chi connectivity index (χ1) is 6.90. The zero-order valence-corrected chi connectivity index (χ0v) is 9.29. The van der Waals surface area contributed by atoms with E-state index in [1.165, 1.54) is 0 Å². The molecule has 2 aromatic heterocycles. The molecule has 0 unspecified atom stereocenters. The largest absolute Gasteiger partial charge is 0.360 e. The van der Waals surface area contributed by atoms with Crippen LogP contribution >= 0.6 is 15.9 Å². The predicted molar refractivity (Wildman–Crippen MR) is 63.5 cm³/mol. The van der Waals surface area contributed by atoms with Gasteiger partial charge in [-0.2, -0.15) is 0 Å². The Morgan fingerprint density at radius 3 is 3.29 bits per heavy atom. The molecule has 3 heteroatoms. The number of nitrogens with one attached hydrogen (secondary N) is 1. The molecular weight excluding hydrogens is 240 g/mol. The highest BCUT2D eigenvalue weighted by atomic mass is 79.9. The van der Waals surface area contributed by atoms with Crippen molar-refractivity contribution in [1.82, 2.24) is 9.97 Å². The minimum Gasteiger partial charge on any atom is -0.360 e. The summed E-state index contributed by atoms with van der Waals surface area (Å²) in [6, 6.07) is 4.08. The molecule has 0 aliphatic carbocycles. The first-order valence-corrected chi connectivity index (χ1v) is 5.68. The number of aromatic amines is 1. The topological polar surface area (TPSA) is 28.7 Å². The molecule has 0 aliphatic rings. The summed E-state index contributed by atoms with van der Waals surface area (Å²) in [7, 11) is 0. The van der Waals surface area contributed by atoms with Crippen LogP contribution in [-0.2, 0) is 0 Å². The Kier molecular flexibility index (Phi) is 2.99. The van der Waals surface area contributed by atoms with Crippen molar-refractivity contribution in [2.24, 2.45) is 0 Å². The molecule has 2 heterocycles. The minimum atomic E-state index is 1.00. The number of rotatable bonds is 3. The van der Waals surface area contributed by atoms with E-state index in [0.717, 1.165) is 28.3 Å². The Labute approximate surface area is 91.2 Å². The third-order valence-electron chi connectivity index (χ3n) is 2.01. The maximum Gasteiger partial charge on any atom is 0.0879 e. The molecule has 72 valence electrons. The normalized spacial score (nSPS) is 11.5. The monoisotopic (exact) mass is 250 g/mol. The van der Waals surface area contributed by atoms with Gasteiger partial charge in [-0.3, -0.25) is 4.98 Å². The second kappa shape index (κ2) is 4.42. The number of aromatic nitrogens is 2. The number of H-pyrrole nitrogens is 1. The molecule has 14 heavy (non-hydrogen) atoms. The number of halogens is 1. The van der Waals surface area contributed by atoms with Gasteiger partial charge in [0.15, 0.2) is 0 Å². The van der Waals surface area contributed by atoms with E-state index in [2.05, 4.69) is 44.1 Å². The van der Waals surface area contributed by atoms with Crippen molar-refractivity contribution in [3.63, 3.8) is 0 Å². The molecule has 2 aromatic rings. The van der Waals surface area contributed by atoms with E-state index in [1.54, 1.807) is 0 Å². The number of allylic oxidation sites excluding steroid dienone is 1. The Bertz CT molecular complexity index is 445. The van der Waals surface area contributed by atoms with Crippen LogP contribution in [0.25, 0.3) is 17.1 Å². The lowest BCUT2D eigenvalue weighted by Gasteiger charge is -1.93. The van der Waals surface area contributed by atoms with Gasteiger partial charge in [0.2, 0.25) is 0 Å². The van der Waals surface area contributed by atoms with E-state index in [-0.39, 0.29) is 0 Å². The van der Waals surface area contributed by atoms with Gasteiger partial charge in [0.05, 0.1) is 11.0 Å². The molecular formula is C11H11BrN2. The number of pyridine rings is 1. The highest BCUT2D eigenvalue weighted by Crippen LogP contribution is 2.12. The van der Waals surface area contributed by atoms with Crippen molar-refractivity contribution < 1.29 is 0 Å². The highest BCUT2D eigenvalue weighted by Gasteiger charge is 1.94. The molecule has 0 saturated heterocycles. The fraction of sp³-hybridized carbons (Fsp3) is 0.182. The van der Waals surface area contributed by atoms with Crippen molar-refractivity contribution in [2.45, 2.75) is 6.42 Å². The first-order valence-electron chi connectivity index (χ1n) is 4.56. The van der Waals surface area contributed by atoms with Gasteiger partial charge < -0.3 is 4.98 Å². The van der Waals surface area contributed by atoms with E-state index in [0.29, 0.717) is 0 Å². The third-order valence-corrected chi connectivity index (χ3v) is 2.46. The van der Waals surface area contributed by atoms with Crippen LogP contribution in [0.5, 0.6) is 0 Å². The molecule has 2 rings (SSSR count). The van der Waals surface area contributed by atoms with E-state index >= 15 is 0 Å². The Balaban J connectivity index is 2.25. The molecule has 0 radical (unpaired) electrons. The fourth-order valence-electron chi connectivity index (χ4n) is 1.32. The minimum absolute atomic E-state index is 1.00. The van der Waals surface area contributed by atoms with Gasteiger partial charge in [-0.15, -0.1) is 0 Å². The highest BCUT2D eigenvalue weighted by molar-refractivity contribution is 9.09. The summed E-state index contributed by atoms with van der Waals surface area (Å²) in [5, 5.41) is 1.00. The Morgan fingerprint density at radius 1 is 1.50 bits per heavy atom. The maximum atomic E-state index is 4.33. The first kappa shape index (κ1) is 9.46. The summed E-state index contributed by atoms with van der Waals surface area (Å²) in [5.74, 6) is 0.